The van der Waals surface area contributed by atoms with Gasteiger partial charge in [-0.1, -0.05) is 29.4 Å². The molecule has 7 nitrogen and oxygen atoms in total. The van der Waals surface area contributed by atoms with Crippen LogP contribution in [0.4, 0.5) is 0 Å². The smallest absolute Gasteiger partial charge is 0.236 e. The van der Waals surface area contributed by atoms with E-state index in [0.717, 1.165) is 56.8 Å². The van der Waals surface area contributed by atoms with Crippen LogP contribution in [0.1, 0.15) is 35.7 Å². The van der Waals surface area contributed by atoms with Crippen molar-refractivity contribution in [3.63, 3.8) is 0 Å². The van der Waals surface area contributed by atoms with Crippen molar-refractivity contribution in [2.75, 3.05) is 39.4 Å². The van der Waals surface area contributed by atoms with E-state index < -0.39 is 0 Å². The molecule has 3 aliphatic rings. The van der Waals surface area contributed by atoms with Gasteiger partial charge in [-0.2, -0.15) is 4.98 Å². The molecule has 0 spiro atoms. The van der Waals surface area contributed by atoms with Crippen LogP contribution in [0.25, 0.3) is 0 Å². The molecule has 2 aromatic rings. The number of hydrogen-bond donors (Lipinski definition) is 0. The summed E-state index contributed by atoms with van der Waals surface area (Å²) < 4.78 is 11.3. The van der Waals surface area contributed by atoms with Crippen LogP contribution in [0.2, 0.25) is 0 Å². The molecule has 5 rings (SSSR count). The van der Waals surface area contributed by atoms with Crippen LogP contribution in [0.15, 0.2) is 28.8 Å². The number of carbonyl (C=O) groups excluding carboxylic acids is 1. The minimum Gasteiger partial charge on any atom is -0.381 e. The molecule has 0 radical (unpaired) electrons. The van der Waals surface area contributed by atoms with Crippen molar-refractivity contribution in [3.8, 4) is 0 Å². The summed E-state index contributed by atoms with van der Waals surface area (Å²) in [6, 6.07) is 8.68. The minimum absolute atomic E-state index is 0.187. The maximum Gasteiger partial charge on any atom is 0.236 e. The molecule has 0 saturated carbocycles. The van der Waals surface area contributed by atoms with Gasteiger partial charge in [0.2, 0.25) is 11.8 Å². The second-order valence-electron chi connectivity index (χ2n) is 9.15. The highest BCUT2D eigenvalue weighted by Gasteiger charge is 2.58. The maximum absolute atomic E-state index is 13.2. The highest BCUT2D eigenvalue weighted by Crippen LogP contribution is 2.45. The lowest BCUT2D eigenvalue weighted by molar-refractivity contribution is -0.130. The Labute approximate surface area is 177 Å². The first-order chi connectivity index (χ1) is 14.5. The van der Waals surface area contributed by atoms with Gasteiger partial charge in [-0.15, -0.1) is 0 Å². The van der Waals surface area contributed by atoms with Gasteiger partial charge in [0, 0.05) is 51.4 Å². The fourth-order valence-corrected chi connectivity index (χ4v) is 5.51. The number of likely N-dealkylation sites (tertiary alicyclic amines) is 2. The first-order valence-electron chi connectivity index (χ1n) is 11.0. The van der Waals surface area contributed by atoms with Crippen LogP contribution in [0, 0.1) is 19.8 Å². The maximum atomic E-state index is 13.2. The zero-order valence-corrected chi connectivity index (χ0v) is 17.8. The van der Waals surface area contributed by atoms with Gasteiger partial charge in [0.05, 0.1) is 11.8 Å². The Morgan fingerprint density at radius 3 is 2.70 bits per heavy atom. The molecule has 1 amide bonds. The summed E-state index contributed by atoms with van der Waals surface area (Å²) >= 11 is 0. The quantitative estimate of drug-likeness (QED) is 0.769. The van der Waals surface area contributed by atoms with E-state index in [1.165, 1.54) is 0 Å². The molecule has 160 valence electrons. The number of amides is 1. The summed E-state index contributed by atoms with van der Waals surface area (Å²) in [5, 5.41) is 4.08. The fraction of sp³-hybridized carbons (Fsp3) is 0.609. The van der Waals surface area contributed by atoms with Crippen molar-refractivity contribution in [3.05, 3.63) is 47.1 Å². The van der Waals surface area contributed by atoms with Crippen molar-refractivity contribution in [1.29, 1.82) is 0 Å². The van der Waals surface area contributed by atoms with Gasteiger partial charge < -0.3 is 14.2 Å². The van der Waals surface area contributed by atoms with Gasteiger partial charge >= 0.3 is 0 Å². The van der Waals surface area contributed by atoms with Gasteiger partial charge in [0.1, 0.15) is 0 Å². The van der Waals surface area contributed by atoms with Crippen LogP contribution in [0.3, 0.4) is 0 Å². The molecule has 30 heavy (non-hydrogen) atoms. The van der Waals surface area contributed by atoms with Crippen molar-refractivity contribution in [2.24, 2.45) is 5.92 Å². The SMILES string of the molecule is Cc1noc(C23CN(C(=O)Cc4ccccc4C)CC2CN(C2CCOCC2)C3)n1. The van der Waals surface area contributed by atoms with Crippen LogP contribution in [0.5, 0.6) is 0 Å². The Bertz CT molecular complexity index is 923. The fourth-order valence-electron chi connectivity index (χ4n) is 5.51. The monoisotopic (exact) mass is 410 g/mol. The van der Waals surface area contributed by atoms with E-state index in [1.54, 1.807) is 0 Å². The molecule has 2 unspecified atom stereocenters. The third-order valence-electron chi connectivity index (χ3n) is 7.25. The van der Waals surface area contributed by atoms with E-state index in [-0.39, 0.29) is 11.3 Å². The van der Waals surface area contributed by atoms with Crippen LogP contribution in [-0.2, 0) is 21.4 Å². The highest BCUT2D eigenvalue weighted by atomic mass is 16.5. The zero-order chi connectivity index (χ0) is 20.7. The Morgan fingerprint density at radius 1 is 1.17 bits per heavy atom. The topological polar surface area (TPSA) is 71.7 Å². The molecule has 0 aliphatic carbocycles. The van der Waals surface area contributed by atoms with Gasteiger partial charge in [0.15, 0.2) is 5.82 Å². The van der Waals surface area contributed by atoms with Gasteiger partial charge in [-0.05, 0) is 37.8 Å². The molecular formula is C23H30N4O3. The number of carbonyl (C=O) groups is 1. The van der Waals surface area contributed by atoms with E-state index in [1.807, 2.05) is 30.0 Å². The van der Waals surface area contributed by atoms with Gasteiger partial charge in [-0.25, -0.2) is 0 Å². The summed E-state index contributed by atoms with van der Waals surface area (Å²) in [5.41, 5.74) is 2.00. The second kappa shape index (κ2) is 7.78. The van der Waals surface area contributed by atoms with E-state index in [0.29, 0.717) is 36.6 Å². The summed E-state index contributed by atoms with van der Waals surface area (Å²) in [4.78, 5) is 22.4. The van der Waals surface area contributed by atoms with Crippen LogP contribution >= 0.6 is 0 Å². The summed E-state index contributed by atoms with van der Waals surface area (Å²) in [6.45, 7) is 8.85. The number of hydrogen-bond acceptors (Lipinski definition) is 6. The molecule has 1 aromatic carbocycles. The van der Waals surface area contributed by atoms with E-state index >= 15 is 0 Å². The summed E-state index contributed by atoms with van der Waals surface area (Å²) in [7, 11) is 0. The Morgan fingerprint density at radius 2 is 1.97 bits per heavy atom. The Hall–Kier alpha value is -2.25. The molecule has 1 aromatic heterocycles. The predicted molar refractivity (Wildman–Crippen MR) is 111 cm³/mol. The standard InChI is InChI=1S/C23H30N4O3/c1-16-5-3-4-6-18(16)11-21(28)27-13-19-12-26(20-7-9-29-10-8-20)14-23(19,15-27)22-24-17(2)25-30-22/h3-6,19-20H,7-15H2,1-2H3. The molecule has 0 bridgehead atoms. The number of aryl methyl sites for hydroxylation is 2. The summed E-state index contributed by atoms with van der Waals surface area (Å²) in [6.07, 6.45) is 2.59. The molecular weight excluding hydrogens is 380 g/mol. The van der Waals surface area contributed by atoms with Crippen molar-refractivity contribution in [2.45, 2.75) is 44.6 Å². The number of nitrogens with zero attached hydrogens (tertiary/aromatic N) is 4. The third kappa shape index (κ3) is 3.44. The lowest BCUT2D eigenvalue weighted by Gasteiger charge is -2.33. The zero-order valence-electron chi connectivity index (χ0n) is 17.8. The largest absolute Gasteiger partial charge is 0.381 e. The van der Waals surface area contributed by atoms with Crippen LogP contribution < -0.4 is 0 Å². The number of ether oxygens (including phenoxy) is 1. The van der Waals surface area contributed by atoms with Gasteiger partial charge in [-0.3, -0.25) is 9.69 Å². The average molecular weight is 411 g/mol. The molecule has 7 heteroatoms. The van der Waals surface area contributed by atoms with Crippen LogP contribution in [-0.4, -0.2) is 71.3 Å². The van der Waals surface area contributed by atoms with Crippen molar-refractivity contribution >= 4 is 5.91 Å². The molecule has 3 fully saturated rings. The van der Waals surface area contributed by atoms with E-state index in [2.05, 4.69) is 28.0 Å². The number of rotatable bonds is 4. The number of fused-ring (bicyclic) bond motifs is 1. The molecule has 4 heterocycles. The lowest BCUT2D eigenvalue weighted by Crippen LogP contribution is -2.44. The Balaban J connectivity index is 1.37. The summed E-state index contributed by atoms with van der Waals surface area (Å²) in [5.74, 6) is 1.87. The molecule has 3 saturated heterocycles. The Kier molecular flexibility index (Phi) is 5.11. The highest BCUT2D eigenvalue weighted by molar-refractivity contribution is 5.79. The van der Waals surface area contributed by atoms with Gasteiger partial charge in [0.25, 0.3) is 0 Å². The molecule has 3 aliphatic heterocycles. The second-order valence-corrected chi connectivity index (χ2v) is 9.15. The van der Waals surface area contributed by atoms with Crippen molar-refractivity contribution in [1.82, 2.24) is 19.9 Å². The molecule has 2 atom stereocenters. The first kappa shape index (κ1) is 19.7. The minimum atomic E-state index is -0.263. The predicted octanol–water partition coefficient (Wildman–Crippen LogP) is 2.12. The average Bonchev–Trinajstić information content (AvgIpc) is 3.43. The van der Waals surface area contributed by atoms with E-state index in [4.69, 9.17) is 9.26 Å². The number of benzene rings is 1. The number of aromatic nitrogens is 2. The normalized spacial score (nSPS) is 27.5. The van der Waals surface area contributed by atoms with E-state index in [9.17, 15) is 4.79 Å². The van der Waals surface area contributed by atoms with Crippen molar-refractivity contribution < 1.29 is 14.1 Å². The first-order valence-corrected chi connectivity index (χ1v) is 11.0. The third-order valence-corrected chi connectivity index (χ3v) is 7.25. The lowest BCUT2D eigenvalue weighted by atomic mass is 9.81. The molecule has 0 N–H and O–H groups in total.